The van der Waals surface area contributed by atoms with Crippen molar-refractivity contribution in [3.05, 3.63) is 65.9 Å². The lowest BCUT2D eigenvalue weighted by Crippen LogP contribution is -2.34. The Bertz CT molecular complexity index is 1070. The van der Waals surface area contributed by atoms with Gasteiger partial charge in [0.15, 0.2) is 0 Å². The third-order valence-electron chi connectivity index (χ3n) is 6.42. The van der Waals surface area contributed by atoms with Crippen molar-refractivity contribution < 1.29 is 4.79 Å². The number of rotatable bonds is 4. The van der Waals surface area contributed by atoms with Crippen LogP contribution in [0.5, 0.6) is 0 Å². The number of hydrogen-bond donors (Lipinski definition) is 0. The van der Waals surface area contributed by atoms with Crippen molar-refractivity contribution in [1.29, 1.82) is 0 Å². The molecule has 4 heteroatoms. The summed E-state index contributed by atoms with van der Waals surface area (Å²) in [7, 11) is 0. The van der Waals surface area contributed by atoms with E-state index in [1.807, 2.05) is 6.07 Å². The molecule has 4 nitrogen and oxygen atoms in total. The van der Waals surface area contributed by atoms with Gasteiger partial charge in [0.2, 0.25) is 5.91 Å². The number of hydrogen-bond acceptors (Lipinski definition) is 2. The Balaban J connectivity index is 1.51. The summed E-state index contributed by atoms with van der Waals surface area (Å²) in [6, 6.07) is 19.3. The van der Waals surface area contributed by atoms with Gasteiger partial charge in [0.1, 0.15) is 0 Å². The Labute approximate surface area is 171 Å². The Morgan fingerprint density at radius 1 is 0.966 bits per heavy atom. The molecule has 1 fully saturated rings. The minimum Gasteiger partial charge on any atom is -0.314 e. The van der Waals surface area contributed by atoms with Crippen LogP contribution in [0.2, 0.25) is 0 Å². The molecule has 1 saturated carbocycles. The predicted molar refractivity (Wildman–Crippen MR) is 117 cm³/mol. The second kappa shape index (κ2) is 7.51. The Morgan fingerprint density at radius 3 is 2.48 bits per heavy atom. The van der Waals surface area contributed by atoms with Crippen LogP contribution >= 0.6 is 0 Å². The molecule has 29 heavy (non-hydrogen) atoms. The standard InChI is InChI=1S/C25H27N3O/c1-18-23(16-19-17-25(29)28(26-19)21-12-6-3-7-13-21)22-14-8-9-15-24(22)27(18)20-10-4-2-5-11-20/h2,4-5,8-11,14-15,21H,3,6-7,12-13,16-17H2,1H3. The van der Waals surface area contributed by atoms with E-state index in [9.17, 15) is 4.79 Å². The summed E-state index contributed by atoms with van der Waals surface area (Å²) in [4.78, 5) is 12.7. The first-order valence-corrected chi connectivity index (χ1v) is 10.7. The highest BCUT2D eigenvalue weighted by atomic mass is 16.2. The van der Waals surface area contributed by atoms with E-state index in [-0.39, 0.29) is 5.91 Å². The first kappa shape index (κ1) is 18.2. The molecule has 148 valence electrons. The van der Waals surface area contributed by atoms with Crippen LogP contribution in [-0.4, -0.2) is 27.2 Å². The van der Waals surface area contributed by atoms with Crippen LogP contribution in [-0.2, 0) is 11.2 Å². The van der Waals surface area contributed by atoms with Gasteiger partial charge in [0, 0.05) is 23.2 Å². The zero-order valence-corrected chi connectivity index (χ0v) is 17.0. The van der Waals surface area contributed by atoms with Crippen LogP contribution in [0.1, 0.15) is 49.8 Å². The fraction of sp³-hybridized carbons (Fsp3) is 0.360. The summed E-state index contributed by atoms with van der Waals surface area (Å²) >= 11 is 0. The van der Waals surface area contributed by atoms with Crippen LogP contribution in [0.15, 0.2) is 59.7 Å². The van der Waals surface area contributed by atoms with E-state index in [0.29, 0.717) is 12.5 Å². The second-order valence-corrected chi connectivity index (χ2v) is 8.30. The van der Waals surface area contributed by atoms with Crippen molar-refractivity contribution >= 4 is 22.5 Å². The van der Waals surface area contributed by atoms with Gasteiger partial charge in [-0.3, -0.25) is 4.79 Å². The highest BCUT2D eigenvalue weighted by Crippen LogP contribution is 2.32. The van der Waals surface area contributed by atoms with E-state index >= 15 is 0 Å². The zero-order valence-electron chi connectivity index (χ0n) is 17.0. The summed E-state index contributed by atoms with van der Waals surface area (Å²) in [5, 5.41) is 7.87. The number of para-hydroxylation sites is 2. The van der Waals surface area contributed by atoms with E-state index in [4.69, 9.17) is 5.10 Å². The average molecular weight is 386 g/mol. The van der Waals surface area contributed by atoms with Crippen molar-refractivity contribution in [1.82, 2.24) is 9.58 Å². The van der Waals surface area contributed by atoms with Crippen molar-refractivity contribution in [3.63, 3.8) is 0 Å². The van der Waals surface area contributed by atoms with Gasteiger partial charge in [0.25, 0.3) is 0 Å². The molecule has 5 rings (SSSR count). The SMILES string of the molecule is Cc1c(CC2=NN(C3CCCCC3)C(=O)C2)c2ccccc2n1-c1ccccc1. The third kappa shape index (κ3) is 3.27. The van der Waals surface area contributed by atoms with Crippen molar-refractivity contribution in [2.24, 2.45) is 5.10 Å². The third-order valence-corrected chi connectivity index (χ3v) is 6.42. The number of amides is 1. The van der Waals surface area contributed by atoms with Crippen LogP contribution in [0.3, 0.4) is 0 Å². The number of hydrazone groups is 1. The van der Waals surface area contributed by atoms with Gasteiger partial charge in [-0.2, -0.15) is 5.10 Å². The number of nitrogens with zero attached hydrogens (tertiary/aromatic N) is 3. The monoisotopic (exact) mass is 385 g/mol. The molecule has 0 atom stereocenters. The number of carbonyl (C=O) groups is 1. The maximum Gasteiger partial charge on any atom is 0.248 e. The van der Waals surface area contributed by atoms with Gasteiger partial charge in [-0.15, -0.1) is 0 Å². The number of fused-ring (bicyclic) bond motifs is 1. The summed E-state index contributed by atoms with van der Waals surface area (Å²) < 4.78 is 2.32. The van der Waals surface area contributed by atoms with Crippen molar-refractivity contribution in [2.75, 3.05) is 0 Å². The van der Waals surface area contributed by atoms with Crippen molar-refractivity contribution in [2.45, 2.75) is 57.9 Å². The first-order valence-electron chi connectivity index (χ1n) is 10.7. The smallest absolute Gasteiger partial charge is 0.248 e. The maximum atomic E-state index is 12.7. The molecule has 2 aromatic carbocycles. The Kier molecular flexibility index (Phi) is 4.70. The zero-order chi connectivity index (χ0) is 19.8. The molecule has 2 aliphatic rings. The van der Waals surface area contributed by atoms with Crippen LogP contribution in [0, 0.1) is 6.92 Å². The van der Waals surface area contributed by atoms with Gasteiger partial charge < -0.3 is 4.57 Å². The highest BCUT2D eigenvalue weighted by molar-refractivity contribution is 6.07. The number of aromatic nitrogens is 1. The molecular weight excluding hydrogens is 358 g/mol. The van der Waals surface area contributed by atoms with E-state index < -0.39 is 0 Å². The quantitative estimate of drug-likeness (QED) is 0.592. The molecule has 0 unspecified atom stereocenters. The van der Waals surface area contributed by atoms with Gasteiger partial charge in [-0.1, -0.05) is 55.7 Å². The summed E-state index contributed by atoms with van der Waals surface area (Å²) in [6.07, 6.45) is 7.09. The minimum atomic E-state index is 0.177. The van der Waals surface area contributed by atoms with Crippen LogP contribution < -0.4 is 0 Å². The molecule has 1 aliphatic heterocycles. The lowest BCUT2D eigenvalue weighted by atomic mass is 9.95. The molecule has 0 radical (unpaired) electrons. The van der Waals surface area contributed by atoms with Gasteiger partial charge >= 0.3 is 0 Å². The molecule has 2 heterocycles. The van der Waals surface area contributed by atoms with Gasteiger partial charge in [-0.25, -0.2) is 5.01 Å². The molecule has 3 aromatic rings. The molecular formula is C25H27N3O. The fourth-order valence-corrected chi connectivity index (χ4v) is 4.98. The van der Waals surface area contributed by atoms with E-state index in [1.165, 1.54) is 47.1 Å². The van der Waals surface area contributed by atoms with E-state index in [2.05, 4.69) is 60.0 Å². The normalized spacial score (nSPS) is 17.9. The van der Waals surface area contributed by atoms with Crippen LogP contribution in [0.25, 0.3) is 16.6 Å². The molecule has 0 saturated heterocycles. The van der Waals surface area contributed by atoms with E-state index in [0.717, 1.165) is 25.0 Å². The average Bonchev–Trinajstić information content (AvgIpc) is 3.27. The molecule has 0 spiro atoms. The van der Waals surface area contributed by atoms with Gasteiger partial charge in [0.05, 0.1) is 23.7 Å². The summed E-state index contributed by atoms with van der Waals surface area (Å²) in [5.74, 6) is 0.177. The molecule has 1 amide bonds. The molecule has 0 bridgehead atoms. The molecule has 1 aliphatic carbocycles. The molecule has 0 N–H and O–H groups in total. The molecule has 1 aromatic heterocycles. The minimum absolute atomic E-state index is 0.177. The lowest BCUT2D eigenvalue weighted by molar-refractivity contribution is -0.131. The highest BCUT2D eigenvalue weighted by Gasteiger charge is 2.31. The van der Waals surface area contributed by atoms with E-state index in [1.54, 1.807) is 5.01 Å². The first-order chi connectivity index (χ1) is 14.2. The lowest BCUT2D eigenvalue weighted by Gasteiger charge is -2.27. The van der Waals surface area contributed by atoms with Crippen molar-refractivity contribution in [3.8, 4) is 5.69 Å². The second-order valence-electron chi connectivity index (χ2n) is 8.30. The topological polar surface area (TPSA) is 37.6 Å². The summed E-state index contributed by atoms with van der Waals surface area (Å²) in [6.45, 7) is 2.18. The predicted octanol–water partition coefficient (Wildman–Crippen LogP) is 5.40. The van der Waals surface area contributed by atoms with Crippen LogP contribution in [0.4, 0.5) is 0 Å². The Hall–Kier alpha value is -2.88. The Morgan fingerprint density at radius 2 is 1.69 bits per heavy atom. The number of carbonyl (C=O) groups excluding carboxylic acids is 1. The largest absolute Gasteiger partial charge is 0.314 e. The summed E-state index contributed by atoms with van der Waals surface area (Å²) in [5.41, 5.74) is 5.88. The maximum absolute atomic E-state index is 12.7. The number of benzene rings is 2. The fourth-order valence-electron chi connectivity index (χ4n) is 4.98. The van der Waals surface area contributed by atoms with Gasteiger partial charge in [-0.05, 0) is 43.5 Å².